The number of rotatable bonds is 7. The molecule has 3 aromatic carbocycles. The molecule has 2 heterocycles. The van der Waals surface area contributed by atoms with E-state index in [1.54, 1.807) is 24.3 Å². The fraction of sp³-hybridized carbons (Fsp3) is 0.115. The highest BCUT2D eigenvalue weighted by Gasteiger charge is 2.34. The first kappa shape index (κ1) is 20.3. The highest BCUT2D eigenvalue weighted by atomic mass is 32.2. The summed E-state index contributed by atoms with van der Waals surface area (Å²) in [4.78, 5) is 31.1. The zero-order valence-corrected chi connectivity index (χ0v) is 18.0. The van der Waals surface area contributed by atoms with E-state index in [0.717, 1.165) is 22.6 Å². The summed E-state index contributed by atoms with van der Waals surface area (Å²) < 4.78 is 6.12. The van der Waals surface area contributed by atoms with Crippen LogP contribution in [-0.2, 0) is 0 Å². The molecule has 0 fully saturated rings. The first-order valence-electron chi connectivity index (χ1n) is 10.4. The fourth-order valence-corrected chi connectivity index (χ4v) is 4.51. The number of carbonyl (C=O) groups excluding carboxylic acids is 2. The predicted molar refractivity (Wildman–Crippen MR) is 125 cm³/mol. The number of hydrogen-bond donors (Lipinski definition) is 0. The topological polar surface area (TPSA) is 63.4 Å². The lowest BCUT2D eigenvalue weighted by Crippen LogP contribution is -2.30. The monoisotopic (exact) mass is 440 g/mol. The smallest absolute Gasteiger partial charge is 0.261 e. The number of aromatic nitrogens is 1. The highest BCUT2D eigenvalue weighted by molar-refractivity contribution is 7.99. The molecule has 2 amide bonds. The summed E-state index contributed by atoms with van der Waals surface area (Å²) >= 11 is 1.49. The van der Waals surface area contributed by atoms with Crippen molar-refractivity contribution in [2.24, 2.45) is 0 Å². The van der Waals surface area contributed by atoms with Gasteiger partial charge in [-0.1, -0.05) is 84.6 Å². The molecule has 6 heteroatoms. The van der Waals surface area contributed by atoms with Crippen LogP contribution in [-0.4, -0.2) is 34.0 Å². The van der Waals surface area contributed by atoms with Crippen molar-refractivity contribution in [3.05, 3.63) is 96.1 Å². The minimum atomic E-state index is -0.218. The van der Waals surface area contributed by atoms with E-state index in [9.17, 15) is 9.59 Å². The van der Waals surface area contributed by atoms with Gasteiger partial charge < -0.3 is 4.42 Å². The first-order chi connectivity index (χ1) is 15.7. The zero-order chi connectivity index (χ0) is 21.9. The van der Waals surface area contributed by atoms with Crippen LogP contribution in [0.2, 0.25) is 0 Å². The largest absolute Gasteiger partial charge is 0.431 e. The molecule has 5 nitrogen and oxygen atoms in total. The molecule has 0 saturated heterocycles. The summed E-state index contributed by atoms with van der Waals surface area (Å²) in [6.07, 6.45) is 0.653. The Morgan fingerprint density at radius 2 is 1.31 bits per heavy atom. The Kier molecular flexibility index (Phi) is 5.60. The Bertz CT molecular complexity index is 1180. The van der Waals surface area contributed by atoms with Gasteiger partial charge in [-0.3, -0.25) is 14.5 Å². The molecule has 0 atom stereocenters. The Labute approximate surface area is 190 Å². The van der Waals surface area contributed by atoms with Gasteiger partial charge in [-0.2, -0.15) is 0 Å². The zero-order valence-electron chi connectivity index (χ0n) is 17.2. The lowest BCUT2D eigenvalue weighted by Gasteiger charge is -2.12. The summed E-state index contributed by atoms with van der Waals surface area (Å²) in [5.74, 6) is 0.977. The molecule has 5 rings (SSSR count). The van der Waals surface area contributed by atoms with Crippen LogP contribution in [0, 0.1) is 0 Å². The number of nitrogens with zero attached hydrogens (tertiary/aromatic N) is 2. The second kappa shape index (κ2) is 8.85. The van der Waals surface area contributed by atoms with Gasteiger partial charge in [0.1, 0.15) is 5.69 Å². The molecular formula is C26H20N2O3S. The molecule has 0 aliphatic carbocycles. The second-order valence-electron chi connectivity index (χ2n) is 7.40. The third kappa shape index (κ3) is 3.85. The van der Waals surface area contributed by atoms with Crippen molar-refractivity contribution in [3.8, 4) is 22.6 Å². The van der Waals surface area contributed by atoms with Gasteiger partial charge in [-0.05, 0) is 18.6 Å². The first-order valence-corrected chi connectivity index (χ1v) is 11.4. The van der Waals surface area contributed by atoms with Crippen molar-refractivity contribution in [1.82, 2.24) is 9.88 Å². The van der Waals surface area contributed by atoms with Crippen LogP contribution in [0.15, 0.2) is 94.6 Å². The molecule has 0 unspecified atom stereocenters. The van der Waals surface area contributed by atoms with E-state index in [0.29, 0.717) is 35.1 Å². The predicted octanol–water partition coefficient (Wildman–Crippen LogP) is 5.79. The van der Waals surface area contributed by atoms with Gasteiger partial charge in [0.25, 0.3) is 17.0 Å². The minimum absolute atomic E-state index is 0.218. The van der Waals surface area contributed by atoms with E-state index in [1.807, 2.05) is 60.7 Å². The van der Waals surface area contributed by atoms with Crippen molar-refractivity contribution >= 4 is 23.6 Å². The van der Waals surface area contributed by atoms with Crippen molar-refractivity contribution in [2.75, 3.05) is 12.3 Å². The van der Waals surface area contributed by atoms with Crippen LogP contribution in [0.5, 0.6) is 0 Å². The summed E-state index contributed by atoms with van der Waals surface area (Å²) in [6, 6.07) is 26.8. The molecule has 0 radical (unpaired) electrons. The van der Waals surface area contributed by atoms with E-state index >= 15 is 0 Å². The molecular weight excluding hydrogens is 420 g/mol. The van der Waals surface area contributed by atoms with Gasteiger partial charge in [0, 0.05) is 23.4 Å². The van der Waals surface area contributed by atoms with Crippen LogP contribution in [0.4, 0.5) is 0 Å². The molecule has 0 bridgehead atoms. The molecule has 0 spiro atoms. The van der Waals surface area contributed by atoms with E-state index in [-0.39, 0.29) is 11.8 Å². The average molecular weight is 441 g/mol. The average Bonchev–Trinajstić information content (AvgIpc) is 3.38. The second-order valence-corrected chi connectivity index (χ2v) is 8.45. The fourth-order valence-electron chi connectivity index (χ4n) is 3.76. The van der Waals surface area contributed by atoms with Crippen molar-refractivity contribution in [3.63, 3.8) is 0 Å². The quantitative estimate of drug-likeness (QED) is 0.207. The lowest BCUT2D eigenvalue weighted by molar-refractivity contribution is 0.0655. The molecule has 0 N–H and O–H groups in total. The molecule has 32 heavy (non-hydrogen) atoms. The number of fused-ring (bicyclic) bond motifs is 1. The number of amides is 2. The third-order valence-corrected chi connectivity index (χ3v) is 6.23. The standard InChI is InChI=1S/C26H20N2O3S/c29-24-20-14-7-8-15-21(20)25(30)28(24)16-9-17-32-26-27-22(18-10-3-1-4-11-18)23(31-26)19-12-5-2-6-13-19/h1-8,10-15H,9,16-17H2. The van der Waals surface area contributed by atoms with Crippen LogP contribution in [0.3, 0.4) is 0 Å². The summed E-state index contributed by atoms with van der Waals surface area (Å²) in [5.41, 5.74) is 3.74. The van der Waals surface area contributed by atoms with Crippen LogP contribution >= 0.6 is 11.8 Å². The number of imide groups is 1. The molecule has 1 aromatic heterocycles. The summed E-state index contributed by atoms with van der Waals surface area (Å²) in [7, 11) is 0. The molecule has 4 aromatic rings. The molecule has 1 aliphatic heterocycles. The van der Waals surface area contributed by atoms with Gasteiger partial charge >= 0.3 is 0 Å². The van der Waals surface area contributed by atoms with Gasteiger partial charge in [0.2, 0.25) is 0 Å². The Morgan fingerprint density at radius 3 is 1.94 bits per heavy atom. The summed E-state index contributed by atoms with van der Waals surface area (Å²) in [5, 5.41) is 0.574. The number of thioether (sulfide) groups is 1. The van der Waals surface area contributed by atoms with Crippen molar-refractivity contribution in [2.45, 2.75) is 11.6 Å². The van der Waals surface area contributed by atoms with E-state index in [1.165, 1.54) is 16.7 Å². The van der Waals surface area contributed by atoms with Gasteiger partial charge in [-0.25, -0.2) is 4.98 Å². The Morgan fingerprint density at radius 1 is 0.750 bits per heavy atom. The third-order valence-electron chi connectivity index (χ3n) is 5.32. The Hall–Kier alpha value is -3.64. The molecule has 158 valence electrons. The SMILES string of the molecule is O=C1c2ccccc2C(=O)N1CCCSc1nc(-c2ccccc2)c(-c2ccccc2)o1. The molecule has 0 saturated carbocycles. The van der Waals surface area contributed by atoms with Gasteiger partial charge in [0.15, 0.2) is 5.76 Å². The number of benzene rings is 3. The van der Waals surface area contributed by atoms with Crippen LogP contribution in [0.25, 0.3) is 22.6 Å². The van der Waals surface area contributed by atoms with E-state index < -0.39 is 0 Å². The Balaban J connectivity index is 1.28. The van der Waals surface area contributed by atoms with E-state index in [2.05, 4.69) is 0 Å². The molecule has 1 aliphatic rings. The maximum Gasteiger partial charge on any atom is 0.261 e. The summed E-state index contributed by atoms with van der Waals surface area (Å²) in [6.45, 7) is 0.372. The van der Waals surface area contributed by atoms with Crippen molar-refractivity contribution < 1.29 is 14.0 Å². The minimum Gasteiger partial charge on any atom is -0.431 e. The lowest BCUT2D eigenvalue weighted by atomic mass is 10.1. The highest BCUT2D eigenvalue weighted by Crippen LogP contribution is 2.35. The van der Waals surface area contributed by atoms with Crippen molar-refractivity contribution in [1.29, 1.82) is 0 Å². The normalized spacial score (nSPS) is 12.9. The number of hydrogen-bond acceptors (Lipinski definition) is 5. The van der Waals surface area contributed by atoms with Crippen LogP contribution in [0.1, 0.15) is 27.1 Å². The van der Waals surface area contributed by atoms with Crippen LogP contribution < -0.4 is 0 Å². The maximum atomic E-state index is 12.5. The van der Waals surface area contributed by atoms with Gasteiger partial charge in [-0.15, -0.1) is 0 Å². The number of carbonyl (C=O) groups is 2. The number of oxazole rings is 1. The van der Waals surface area contributed by atoms with Gasteiger partial charge in [0.05, 0.1) is 11.1 Å². The van der Waals surface area contributed by atoms with E-state index in [4.69, 9.17) is 9.40 Å². The maximum absolute atomic E-state index is 12.5.